The highest BCUT2D eigenvalue weighted by atomic mass is 16.5. The monoisotopic (exact) mass is 565 g/mol. The standard InChI is InChI=1S/C32H43N3O6/c1-39-26-19-23(20-27(40-2)29(26)41-3)28(22-14-8-5-9-15-22)32(38)35-17-11-10-16-25(35)31(37)34-24(30(33)36)18-21-12-6-4-7-13-21/h4,6-7,12-13,19-20,22,24-25,28H,5,8-11,14-18H2,1-3H3,(H2,33,36)(H,34,37). The summed E-state index contributed by atoms with van der Waals surface area (Å²) in [4.78, 5) is 42.2. The lowest BCUT2D eigenvalue weighted by Crippen LogP contribution is -2.57. The van der Waals surface area contributed by atoms with Gasteiger partial charge in [0.2, 0.25) is 23.5 Å². The van der Waals surface area contributed by atoms with Gasteiger partial charge in [-0.25, -0.2) is 0 Å². The molecule has 2 fully saturated rings. The zero-order valence-electron chi connectivity index (χ0n) is 24.4. The number of nitrogens with two attached hydrogens (primary N) is 1. The lowest BCUT2D eigenvalue weighted by atomic mass is 9.75. The zero-order chi connectivity index (χ0) is 29.4. The van der Waals surface area contributed by atoms with Gasteiger partial charge in [-0.2, -0.15) is 0 Å². The van der Waals surface area contributed by atoms with E-state index in [9.17, 15) is 14.4 Å². The van der Waals surface area contributed by atoms with Crippen LogP contribution in [-0.4, -0.2) is 62.6 Å². The number of hydrogen-bond donors (Lipinski definition) is 2. The Labute approximate surface area is 242 Å². The van der Waals surface area contributed by atoms with Crippen molar-refractivity contribution < 1.29 is 28.6 Å². The van der Waals surface area contributed by atoms with Crippen LogP contribution in [0.25, 0.3) is 0 Å². The maximum atomic E-state index is 14.5. The third kappa shape index (κ3) is 7.13. The van der Waals surface area contributed by atoms with Crippen LogP contribution in [0.1, 0.15) is 68.4 Å². The molecule has 41 heavy (non-hydrogen) atoms. The molecule has 9 nitrogen and oxygen atoms in total. The summed E-state index contributed by atoms with van der Waals surface area (Å²) in [6.07, 6.45) is 7.57. The molecule has 3 amide bonds. The number of carbonyl (C=O) groups excluding carboxylic acids is 3. The Kier molecular flexibility index (Phi) is 10.5. The van der Waals surface area contributed by atoms with Gasteiger partial charge in [0.25, 0.3) is 0 Å². The van der Waals surface area contributed by atoms with Gasteiger partial charge in [-0.05, 0) is 61.3 Å². The molecule has 2 aromatic carbocycles. The highest BCUT2D eigenvalue weighted by Crippen LogP contribution is 2.45. The number of methoxy groups -OCH3 is 3. The second-order valence-corrected chi connectivity index (χ2v) is 11.0. The van der Waals surface area contributed by atoms with Crippen molar-refractivity contribution in [1.29, 1.82) is 0 Å². The van der Waals surface area contributed by atoms with Gasteiger partial charge in [0.05, 0.1) is 27.2 Å². The Hall–Kier alpha value is -3.75. The predicted octanol–water partition coefficient (Wildman–Crippen LogP) is 3.97. The summed E-state index contributed by atoms with van der Waals surface area (Å²) in [6, 6.07) is 11.6. The smallest absolute Gasteiger partial charge is 0.243 e. The number of carbonyl (C=O) groups is 3. The highest BCUT2D eigenvalue weighted by molar-refractivity contribution is 5.93. The Balaban J connectivity index is 1.64. The molecule has 1 aliphatic heterocycles. The van der Waals surface area contributed by atoms with E-state index >= 15 is 0 Å². The third-order valence-electron chi connectivity index (χ3n) is 8.46. The largest absolute Gasteiger partial charge is 0.493 e. The molecule has 0 aromatic heterocycles. The summed E-state index contributed by atoms with van der Waals surface area (Å²) < 4.78 is 16.8. The molecule has 222 valence electrons. The van der Waals surface area contributed by atoms with Gasteiger partial charge in [0.15, 0.2) is 11.5 Å². The van der Waals surface area contributed by atoms with Crippen LogP contribution in [-0.2, 0) is 20.8 Å². The molecule has 0 bridgehead atoms. The molecule has 2 aromatic rings. The molecular weight excluding hydrogens is 522 g/mol. The lowest BCUT2D eigenvalue weighted by Gasteiger charge is -2.40. The molecule has 1 aliphatic carbocycles. The van der Waals surface area contributed by atoms with Crippen molar-refractivity contribution in [3.63, 3.8) is 0 Å². The van der Waals surface area contributed by atoms with Crippen molar-refractivity contribution in [2.45, 2.75) is 75.8 Å². The summed E-state index contributed by atoms with van der Waals surface area (Å²) in [7, 11) is 4.68. The summed E-state index contributed by atoms with van der Waals surface area (Å²) in [5, 5.41) is 2.87. The first kappa shape index (κ1) is 30.2. The predicted molar refractivity (Wildman–Crippen MR) is 156 cm³/mol. The number of ether oxygens (including phenoxy) is 3. The van der Waals surface area contributed by atoms with Gasteiger partial charge in [-0.3, -0.25) is 14.4 Å². The van der Waals surface area contributed by atoms with Gasteiger partial charge in [0.1, 0.15) is 12.1 Å². The van der Waals surface area contributed by atoms with Gasteiger partial charge in [-0.1, -0.05) is 49.6 Å². The molecule has 1 saturated carbocycles. The number of piperidine rings is 1. The Morgan fingerprint density at radius 1 is 0.902 bits per heavy atom. The minimum Gasteiger partial charge on any atom is -0.493 e. The van der Waals surface area contributed by atoms with E-state index in [-0.39, 0.29) is 17.7 Å². The fourth-order valence-electron chi connectivity index (χ4n) is 6.35. The number of nitrogens with one attached hydrogen (secondary N) is 1. The number of hydrogen-bond acceptors (Lipinski definition) is 6. The average Bonchev–Trinajstić information content (AvgIpc) is 3.01. The van der Waals surface area contributed by atoms with Crippen molar-refractivity contribution in [2.24, 2.45) is 11.7 Å². The number of likely N-dealkylation sites (tertiary alicyclic amines) is 1. The molecular formula is C32H43N3O6. The molecule has 1 heterocycles. The van der Waals surface area contributed by atoms with Crippen LogP contribution >= 0.6 is 0 Å². The van der Waals surface area contributed by atoms with Crippen LogP contribution < -0.4 is 25.3 Å². The van der Waals surface area contributed by atoms with Crippen LogP contribution in [0.2, 0.25) is 0 Å². The quantitative estimate of drug-likeness (QED) is 0.426. The second kappa shape index (κ2) is 14.2. The van der Waals surface area contributed by atoms with E-state index in [0.29, 0.717) is 36.6 Å². The first-order valence-corrected chi connectivity index (χ1v) is 14.6. The average molecular weight is 566 g/mol. The van der Waals surface area contributed by atoms with E-state index < -0.39 is 23.9 Å². The Bertz CT molecular complexity index is 1170. The first-order valence-electron chi connectivity index (χ1n) is 14.6. The third-order valence-corrected chi connectivity index (χ3v) is 8.46. The minimum atomic E-state index is -0.868. The van der Waals surface area contributed by atoms with Crippen molar-refractivity contribution in [3.05, 3.63) is 53.6 Å². The number of amides is 3. The highest BCUT2D eigenvalue weighted by Gasteiger charge is 2.40. The van der Waals surface area contributed by atoms with Gasteiger partial charge >= 0.3 is 0 Å². The van der Waals surface area contributed by atoms with Crippen LogP contribution in [0.3, 0.4) is 0 Å². The fraction of sp³-hybridized carbons (Fsp3) is 0.531. The topological polar surface area (TPSA) is 120 Å². The van der Waals surface area contributed by atoms with Crippen molar-refractivity contribution >= 4 is 17.7 Å². The molecule has 4 rings (SSSR count). The van der Waals surface area contributed by atoms with E-state index in [2.05, 4.69) is 5.32 Å². The van der Waals surface area contributed by atoms with E-state index in [4.69, 9.17) is 19.9 Å². The SMILES string of the molecule is COc1cc(C(C(=O)N2CCCCC2C(=O)NC(Cc2ccccc2)C(N)=O)C2CCCCC2)cc(OC)c1OC. The Morgan fingerprint density at radius 2 is 1.54 bits per heavy atom. The fourth-order valence-corrected chi connectivity index (χ4v) is 6.35. The molecule has 0 radical (unpaired) electrons. The van der Waals surface area contributed by atoms with Crippen molar-refractivity contribution in [3.8, 4) is 17.2 Å². The van der Waals surface area contributed by atoms with Gasteiger partial charge in [-0.15, -0.1) is 0 Å². The van der Waals surface area contributed by atoms with Gasteiger partial charge < -0.3 is 30.2 Å². The Morgan fingerprint density at radius 3 is 2.12 bits per heavy atom. The summed E-state index contributed by atoms with van der Waals surface area (Å²) in [5.74, 6) is 0.0971. The molecule has 3 atom stereocenters. The number of nitrogens with zero attached hydrogens (tertiary/aromatic N) is 1. The second-order valence-electron chi connectivity index (χ2n) is 11.0. The van der Waals surface area contributed by atoms with E-state index in [1.54, 1.807) is 26.2 Å². The van der Waals surface area contributed by atoms with Crippen LogP contribution in [0, 0.1) is 5.92 Å². The molecule has 9 heteroatoms. The van der Waals surface area contributed by atoms with Crippen LogP contribution in [0.15, 0.2) is 42.5 Å². The number of rotatable bonds is 11. The maximum Gasteiger partial charge on any atom is 0.243 e. The normalized spacial score (nSPS) is 19.1. The minimum absolute atomic E-state index is 0.0790. The molecule has 3 unspecified atom stereocenters. The number of benzene rings is 2. The number of primary amides is 1. The molecule has 1 saturated heterocycles. The maximum absolute atomic E-state index is 14.5. The zero-order valence-corrected chi connectivity index (χ0v) is 24.4. The van der Waals surface area contributed by atoms with Crippen LogP contribution in [0.5, 0.6) is 17.2 Å². The van der Waals surface area contributed by atoms with Crippen molar-refractivity contribution in [1.82, 2.24) is 10.2 Å². The lowest BCUT2D eigenvalue weighted by molar-refractivity contribution is -0.145. The molecule has 2 aliphatic rings. The van der Waals surface area contributed by atoms with Gasteiger partial charge in [0, 0.05) is 13.0 Å². The van der Waals surface area contributed by atoms with E-state index in [1.165, 1.54) is 0 Å². The summed E-state index contributed by atoms with van der Waals surface area (Å²) in [6.45, 7) is 0.477. The van der Waals surface area contributed by atoms with Crippen molar-refractivity contribution in [2.75, 3.05) is 27.9 Å². The first-order chi connectivity index (χ1) is 19.9. The van der Waals surface area contributed by atoms with E-state index in [0.717, 1.165) is 56.1 Å². The summed E-state index contributed by atoms with van der Waals surface area (Å²) in [5.41, 5.74) is 7.38. The van der Waals surface area contributed by atoms with E-state index in [1.807, 2.05) is 42.5 Å². The van der Waals surface area contributed by atoms with Crippen LogP contribution in [0.4, 0.5) is 0 Å². The summed E-state index contributed by atoms with van der Waals surface area (Å²) >= 11 is 0. The molecule has 0 spiro atoms. The molecule has 3 N–H and O–H groups in total.